The molecule has 0 aliphatic carbocycles. The second-order valence-electron chi connectivity index (χ2n) is 6.54. The van der Waals surface area contributed by atoms with Gasteiger partial charge in [-0.2, -0.15) is 0 Å². The lowest BCUT2D eigenvalue weighted by molar-refractivity contribution is 0.335. The van der Waals surface area contributed by atoms with Gasteiger partial charge in [-0.05, 0) is 17.7 Å². The topological polar surface area (TPSA) is 15.3 Å². The lowest BCUT2D eigenvalue weighted by Gasteiger charge is -2.36. The van der Waals surface area contributed by atoms with E-state index >= 15 is 0 Å². The molecule has 0 aromatic heterocycles. The number of hydrogen-bond acceptors (Lipinski definition) is 2. The summed E-state index contributed by atoms with van der Waals surface area (Å²) in [4.78, 5) is 2.48. The van der Waals surface area contributed by atoms with Crippen molar-refractivity contribution in [3.63, 3.8) is 0 Å². The fourth-order valence-corrected chi connectivity index (χ4v) is 2.85. The maximum absolute atomic E-state index is 3.67. The van der Waals surface area contributed by atoms with Crippen molar-refractivity contribution in [2.24, 2.45) is 5.41 Å². The molecule has 0 saturated heterocycles. The van der Waals surface area contributed by atoms with Crippen molar-refractivity contribution >= 4 is 11.4 Å². The van der Waals surface area contributed by atoms with Crippen LogP contribution in [0.15, 0.2) is 54.6 Å². The molecule has 3 rings (SSSR count). The van der Waals surface area contributed by atoms with E-state index in [9.17, 15) is 0 Å². The summed E-state index contributed by atoms with van der Waals surface area (Å²) >= 11 is 0. The first-order chi connectivity index (χ1) is 9.55. The standard InChI is InChI=1S/C18H22N2/c1-18(2,3)17-19-15-11-7-8-12-16(15)20(17)13-14-9-5-4-6-10-14/h4-12,17,19H,13H2,1-3H3. The Balaban J connectivity index is 1.95. The minimum atomic E-state index is 0.174. The monoisotopic (exact) mass is 266 g/mol. The van der Waals surface area contributed by atoms with E-state index in [1.54, 1.807) is 0 Å². The molecular weight excluding hydrogens is 244 g/mol. The molecule has 1 N–H and O–H groups in total. The highest BCUT2D eigenvalue weighted by atomic mass is 15.3. The van der Waals surface area contributed by atoms with Crippen LogP contribution in [0.25, 0.3) is 0 Å². The van der Waals surface area contributed by atoms with E-state index in [2.05, 4.69) is 85.6 Å². The Bertz CT molecular complexity index is 584. The maximum Gasteiger partial charge on any atom is 0.104 e. The highest BCUT2D eigenvalue weighted by molar-refractivity contribution is 5.76. The van der Waals surface area contributed by atoms with Crippen LogP contribution in [0, 0.1) is 5.41 Å². The van der Waals surface area contributed by atoms with Gasteiger partial charge in [-0.1, -0.05) is 63.2 Å². The van der Waals surface area contributed by atoms with E-state index in [4.69, 9.17) is 0 Å². The van der Waals surface area contributed by atoms with Gasteiger partial charge in [-0.25, -0.2) is 0 Å². The summed E-state index contributed by atoms with van der Waals surface area (Å²) in [6, 6.07) is 19.3. The van der Waals surface area contributed by atoms with Gasteiger partial charge in [0.25, 0.3) is 0 Å². The van der Waals surface area contributed by atoms with E-state index in [1.165, 1.54) is 16.9 Å². The van der Waals surface area contributed by atoms with Crippen LogP contribution in [-0.2, 0) is 6.54 Å². The molecule has 0 bridgehead atoms. The fourth-order valence-electron chi connectivity index (χ4n) is 2.85. The molecule has 2 nitrogen and oxygen atoms in total. The molecule has 1 heterocycles. The predicted octanol–water partition coefficient (Wildman–Crippen LogP) is 4.49. The number of anilines is 2. The molecule has 0 radical (unpaired) electrons. The Morgan fingerprint density at radius 1 is 0.950 bits per heavy atom. The van der Waals surface area contributed by atoms with E-state index in [1.807, 2.05) is 0 Å². The van der Waals surface area contributed by atoms with Crippen LogP contribution < -0.4 is 10.2 Å². The zero-order valence-electron chi connectivity index (χ0n) is 12.4. The minimum Gasteiger partial charge on any atom is -0.363 e. The third-order valence-corrected chi connectivity index (χ3v) is 3.83. The van der Waals surface area contributed by atoms with Gasteiger partial charge in [0, 0.05) is 12.0 Å². The maximum atomic E-state index is 3.67. The molecule has 0 spiro atoms. The molecule has 0 amide bonds. The van der Waals surface area contributed by atoms with E-state index in [0.29, 0.717) is 6.17 Å². The van der Waals surface area contributed by atoms with Gasteiger partial charge < -0.3 is 10.2 Å². The first-order valence-electron chi connectivity index (χ1n) is 7.22. The molecule has 1 atom stereocenters. The van der Waals surface area contributed by atoms with Crippen LogP contribution in [0.3, 0.4) is 0 Å². The van der Waals surface area contributed by atoms with Crippen LogP contribution in [0.5, 0.6) is 0 Å². The second kappa shape index (κ2) is 4.86. The summed E-state index contributed by atoms with van der Waals surface area (Å²) in [5.41, 5.74) is 4.06. The normalized spacial score (nSPS) is 17.8. The van der Waals surface area contributed by atoms with Crippen LogP contribution in [0.1, 0.15) is 26.3 Å². The summed E-state index contributed by atoms with van der Waals surface area (Å²) in [5, 5.41) is 3.67. The Hall–Kier alpha value is -1.96. The molecule has 2 aromatic carbocycles. The average molecular weight is 266 g/mol. The van der Waals surface area contributed by atoms with Crippen molar-refractivity contribution in [3.05, 3.63) is 60.2 Å². The van der Waals surface area contributed by atoms with Crippen molar-refractivity contribution < 1.29 is 0 Å². The van der Waals surface area contributed by atoms with Gasteiger partial charge >= 0.3 is 0 Å². The van der Waals surface area contributed by atoms with Gasteiger partial charge in [0.15, 0.2) is 0 Å². The van der Waals surface area contributed by atoms with Gasteiger partial charge in [0.1, 0.15) is 6.17 Å². The van der Waals surface area contributed by atoms with Crippen molar-refractivity contribution in [3.8, 4) is 0 Å². The SMILES string of the molecule is CC(C)(C)C1Nc2ccccc2N1Cc1ccccc1. The number of fused-ring (bicyclic) bond motifs is 1. The van der Waals surface area contributed by atoms with E-state index in [0.717, 1.165) is 6.54 Å². The Morgan fingerprint density at radius 3 is 2.30 bits per heavy atom. The molecule has 0 fully saturated rings. The molecule has 0 saturated carbocycles. The Morgan fingerprint density at radius 2 is 1.60 bits per heavy atom. The highest BCUT2D eigenvalue weighted by Crippen LogP contribution is 2.41. The van der Waals surface area contributed by atoms with Crippen molar-refractivity contribution in [1.82, 2.24) is 0 Å². The third-order valence-electron chi connectivity index (χ3n) is 3.83. The van der Waals surface area contributed by atoms with E-state index < -0.39 is 0 Å². The molecule has 1 aliphatic rings. The van der Waals surface area contributed by atoms with Crippen LogP contribution in [0.4, 0.5) is 11.4 Å². The van der Waals surface area contributed by atoms with Crippen LogP contribution >= 0.6 is 0 Å². The van der Waals surface area contributed by atoms with Crippen molar-refractivity contribution in [2.75, 3.05) is 10.2 Å². The summed E-state index contributed by atoms with van der Waals surface area (Å²) in [6.07, 6.45) is 0.320. The van der Waals surface area contributed by atoms with Crippen LogP contribution in [-0.4, -0.2) is 6.17 Å². The predicted molar refractivity (Wildman–Crippen MR) is 85.9 cm³/mol. The zero-order valence-corrected chi connectivity index (χ0v) is 12.4. The smallest absolute Gasteiger partial charge is 0.104 e. The first kappa shape index (κ1) is 13.0. The molecular formula is C18H22N2. The molecule has 2 aromatic rings. The van der Waals surface area contributed by atoms with Crippen LogP contribution in [0.2, 0.25) is 0 Å². The number of benzene rings is 2. The van der Waals surface area contributed by atoms with Gasteiger partial charge in [0.05, 0.1) is 11.4 Å². The summed E-state index contributed by atoms with van der Waals surface area (Å²) in [5.74, 6) is 0. The largest absolute Gasteiger partial charge is 0.363 e. The van der Waals surface area contributed by atoms with E-state index in [-0.39, 0.29) is 5.41 Å². The summed E-state index contributed by atoms with van der Waals surface area (Å²) in [6.45, 7) is 7.80. The Labute approximate surface area is 121 Å². The van der Waals surface area contributed by atoms with Gasteiger partial charge in [-0.3, -0.25) is 0 Å². The molecule has 1 unspecified atom stereocenters. The number of para-hydroxylation sites is 2. The Kier molecular flexibility index (Phi) is 3.17. The molecule has 2 heteroatoms. The number of hydrogen-bond donors (Lipinski definition) is 1. The zero-order chi connectivity index (χ0) is 14.2. The molecule has 20 heavy (non-hydrogen) atoms. The number of nitrogens with zero attached hydrogens (tertiary/aromatic N) is 1. The lowest BCUT2D eigenvalue weighted by Crippen LogP contribution is -2.45. The minimum absolute atomic E-state index is 0.174. The highest BCUT2D eigenvalue weighted by Gasteiger charge is 2.36. The lowest BCUT2D eigenvalue weighted by atomic mass is 9.91. The van der Waals surface area contributed by atoms with Crippen molar-refractivity contribution in [1.29, 1.82) is 0 Å². The summed E-state index contributed by atoms with van der Waals surface area (Å²) < 4.78 is 0. The summed E-state index contributed by atoms with van der Waals surface area (Å²) in [7, 11) is 0. The molecule has 104 valence electrons. The van der Waals surface area contributed by atoms with Crippen molar-refractivity contribution in [2.45, 2.75) is 33.5 Å². The second-order valence-corrected chi connectivity index (χ2v) is 6.54. The fraction of sp³-hybridized carbons (Fsp3) is 0.333. The van der Waals surface area contributed by atoms with Gasteiger partial charge in [0.2, 0.25) is 0 Å². The first-order valence-corrected chi connectivity index (χ1v) is 7.22. The quantitative estimate of drug-likeness (QED) is 0.861. The number of rotatable bonds is 2. The average Bonchev–Trinajstić information content (AvgIpc) is 2.79. The van der Waals surface area contributed by atoms with Gasteiger partial charge in [-0.15, -0.1) is 0 Å². The third kappa shape index (κ3) is 2.38. The molecule has 1 aliphatic heterocycles. The number of nitrogens with one attached hydrogen (secondary N) is 1.